The quantitative estimate of drug-likeness (QED) is 0.330. The minimum atomic E-state index is -4.35. The first-order chi connectivity index (χ1) is 9.56. The van der Waals surface area contributed by atoms with Gasteiger partial charge in [-0.25, -0.2) is 10.1 Å². The Bertz CT molecular complexity index is 516. The van der Waals surface area contributed by atoms with Crippen LogP contribution in [0.5, 0.6) is 0 Å². The maximum absolute atomic E-state index is 11.1. The van der Waals surface area contributed by atoms with Gasteiger partial charge in [-0.3, -0.25) is 40.5 Å². The van der Waals surface area contributed by atoms with Gasteiger partial charge in [0.2, 0.25) is 0 Å². The van der Waals surface area contributed by atoms with Crippen LogP contribution in [0.2, 0.25) is 0 Å². The Hall–Kier alpha value is -3.20. The first kappa shape index (κ1) is 15.9. The molecule has 1 aliphatic rings. The van der Waals surface area contributed by atoms with E-state index in [1.165, 1.54) is 0 Å². The van der Waals surface area contributed by atoms with Crippen molar-refractivity contribution in [3.05, 3.63) is 50.6 Å². The number of piperidine rings is 1. The van der Waals surface area contributed by atoms with Crippen molar-refractivity contribution in [1.29, 1.82) is 0 Å². The first-order valence-corrected chi connectivity index (χ1v) is 5.06. The molecule has 0 atom stereocenters. The SMILES string of the molecule is O=[N+]([O-])N1CCCC([N+](=O)[O-])([N+](=O)[O-])C1([N+](=O)[O-])[N+](=O)[O-]. The van der Waals surface area contributed by atoms with E-state index >= 15 is 0 Å². The van der Waals surface area contributed by atoms with Crippen LogP contribution in [0.15, 0.2) is 0 Å². The number of rotatable bonds is 5. The van der Waals surface area contributed by atoms with Gasteiger partial charge in [-0.2, -0.15) is 0 Å². The summed E-state index contributed by atoms with van der Waals surface area (Å²) in [5.74, 6) is -4.35. The van der Waals surface area contributed by atoms with E-state index < -0.39 is 60.6 Å². The predicted molar refractivity (Wildman–Crippen MR) is 56.4 cm³/mol. The summed E-state index contributed by atoms with van der Waals surface area (Å²) >= 11 is 0. The minimum Gasteiger partial charge on any atom is -0.258 e. The van der Waals surface area contributed by atoms with E-state index in [4.69, 9.17) is 0 Å². The lowest BCUT2D eigenvalue weighted by Gasteiger charge is -2.29. The van der Waals surface area contributed by atoms with Crippen molar-refractivity contribution in [3.63, 3.8) is 0 Å². The molecule has 116 valence electrons. The van der Waals surface area contributed by atoms with Gasteiger partial charge in [0.1, 0.15) is 26.1 Å². The van der Waals surface area contributed by atoms with Crippen LogP contribution in [0.1, 0.15) is 12.8 Å². The van der Waals surface area contributed by atoms with E-state index in [2.05, 4.69) is 0 Å². The summed E-state index contributed by atoms with van der Waals surface area (Å²) in [6.07, 6.45) is -1.77. The predicted octanol–water partition coefficient (Wildman–Crippen LogP) is -1.27. The van der Waals surface area contributed by atoms with Gasteiger partial charge in [0.15, 0.2) is 5.03 Å². The highest BCUT2D eigenvalue weighted by Crippen LogP contribution is 2.41. The molecule has 0 aromatic carbocycles. The zero-order valence-corrected chi connectivity index (χ0v) is 9.89. The third kappa shape index (κ3) is 1.68. The molecule has 1 rings (SSSR count). The monoisotopic (exact) mass is 310 g/mol. The van der Waals surface area contributed by atoms with Crippen LogP contribution in [0.4, 0.5) is 0 Å². The zero-order chi connectivity index (χ0) is 16.6. The van der Waals surface area contributed by atoms with E-state index in [1.54, 1.807) is 0 Å². The lowest BCUT2D eigenvalue weighted by molar-refractivity contribution is -0.995. The summed E-state index contributed by atoms with van der Waals surface area (Å²) in [7, 11) is 0. The summed E-state index contributed by atoms with van der Waals surface area (Å²) in [4.78, 5) is 47.4. The molecule has 0 bridgehead atoms. The first-order valence-electron chi connectivity index (χ1n) is 5.06. The van der Waals surface area contributed by atoms with Gasteiger partial charge in [0.05, 0.1) is 6.54 Å². The molecule has 0 N–H and O–H groups in total. The molecule has 0 saturated carbocycles. The van der Waals surface area contributed by atoms with Crippen molar-refractivity contribution in [1.82, 2.24) is 5.01 Å². The minimum absolute atomic E-state index is 0.577. The smallest absolute Gasteiger partial charge is 0.258 e. The molecule has 0 unspecified atom stereocenters. The van der Waals surface area contributed by atoms with E-state index in [1.807, 2.05) is 0 Å². The summed E-state index contributed by atoms with van der Waals surface area (Å²) < 4.78 is 0. The van der Waals surface area contributed by atoms with Crippen molar-refractivity contribution < 1.29 is 24.7 Å². The third-order valence-electron chi connectivity index (χ3n) is 3.10. The average Bonchev–Trinajstić information content (AvgIpc) is 2.35. The average molecular weight is 310 g/mol. The number of hydrogen-bond acceptors (Lipinski definition) is 10. The van der Waals surface area contributed by atoms with E-state index in [9.17, 15) is 50.6 Å². The molecule has 0 spiro atoms. The molecule has 1 aliphatic heterocycles. The second-order valence-electron chi connectivity index (χ2n) is 3.94. The molecule has 0 aromatic rings. The van der Waals surface area contributed by atoms with Crippen LogP contribution in [-0.2, 0) is 0 Å². The van der Waals surface area contributed by atoms with Crippen molar-refractivity contribution in [3.8, 4) is 0 Å². The molecule has 16 nitrogen and oxygen atoms in total. The second kappa shape index (κ2) is 4.72. The Morgan fingerprint density at radius 1 is 0.762 bits per heavy atom. The fourth-order valence-corrected chi connectivity index (χ4v) is 2.24. The zero-order valence-electron chi connectivity index (χ0n) is 9.89. The molecule has 16 heteroatoms. The fraction of sp³-hybridized carbons (Fsp3) is 1.00. The van der Waals surface area contributed by atoms with Gasteiger partial charge in [0, 0.05) is 5.01 Å². The van der Waals surface area contributed by atoms with Gasteiger partial charge in [0.25, 0.3) is 0 Å². The molecule has 1 saturated heterocycles. The van der Waals surface area contributed by atoms with Crippen molar-refractivity contribution in [2.45, 2.75) is 24.3 Å². The van der Waals surface area contributed by atoms with Crippen LogP contribution in [-0.4, -0.2) is 47.7 Å². The molecule has 0 aliphatic carbocycles. The summed E-state index contributed by atoms with van der Waals surface area (Å²) in [6.45, 7) is -0.918. The summed E-state index contributed by atoms with van der Waals surface area (Å²) in [5.41, 5.74) is -3.98. The topological polar surface area (TPSA) is 219 Å². The fourth-order valence-electron chi connectivity index (χ4n) is 2.24. The van der Waals surface area contributed by atoms with Gasteiger partial charge in [-0.15, -0.1) is 0 Å². The second-order valence-corrected chi connectivity index (χ2v) is 3.94. The number of hydrazine groups is 1. The van der Waals surface area contributed by atoms with Crippen molar-refractivity contribution >= 4 is 0 Å². The number of hydrogen-bond donors (Lipinski definition) is 0. The summed E-state index contributed by atoms with van der Waals surface area (Å²) in [5, 5.41) is 52.7. The van der Waals surface area contributed by atoms with E-state index in [0.29, 0.717) is 0 Å². The van der Waals surface area contributed by atoms with Crippen LogP contribution in [0, 0.1) is 50.6 Å². The van der Waals surface area contributed by atoms with Gasteiger partial charge < -0.3 is 0 Å². The van der Waals surface area contributed by atoms with Crippen molar-refractivity contribution in [2.75, 3.05) is 6.54 Å². The highest BCUT2D eigenvalue weighted by molar-refractivity contribution is 4.87. The van der Waals surface area contributed by atoms with Crippen LogP contribution < -0.4 is 0 Å². The lowest BCUT2D eigenvalue weighted by Crippen LogP contribution is -2.81. The number of nitrogens with zero attached hydrogens (tertiary/aromatic N) is 6. The molecule has 0 radical (unpaired) electrons. The van der Waals surface area contributed by atoms with Gasteiger partial charge in [-0.05, 0) is 6.42 Å². The van der Waals surface area contributed by atoms with Crippen LogP contribution in [0.3, 0.4) is 0 Å². The Kier molecular flexibility index (Phi) is 3.57. The van der Waals surface area contributed by atoms with Gasteiger partial charge in [-0.1, -0.05) is 0 Å². The molecule has 1 heterocycles. The Morgan fingerprint density at radius 2 is 1.19 bits per heavy atom. The normalized spacial score (nSPS) is 19.5. The molecule has 0 amide bonds. The van der Waals surface area contributed by atoms with Crippen LogP contribution >= 0.6 is 0 Å². The molecular weight excluding hydrogens is 304 g/mol. The maximum Gasteiger partial charge on any atom is 0.732 e. The van der Waals surface area contributed by atoms with Crippen LogP contribution in [0.25, 0.3) is 0 Å². The van der Waals surface area contributed by atoms with E-state index in [0.717, 1.165) is 0 Å². The molecule has 0 aromatic heterocycles. The third-order valence-corrected chi connectivity index (χ3v) is 3.10. The summed E-state index contributed by atoms with van der Waals surface area (Å²) in [6, 6.07) is 0. The highest BCUT2D eigenvalue weighted by Gasteiger charge is 2.99. The number of nitro groups is 5. The van der Waals surface area contributed by atoms with Gasteiger partial charge >= 0.3 is 11.4 Å². The Labute approximate surface area is 112 Å². The largest absolute Gasteiger partial charge is 0.732 e. The Morgan fingerprint density at radius 3 is 1.48 bits per heavy atom. The highest BCUT2D eigenvalue weighted by atomic mass is 16.7. The molecule has 21 heavy (non-hydrogen) atoms. The Balaban J connectivity index is 3.87. The maximum atomic E-state index is 11.1. The standard InChI is InChI=1S/C5H6N6O10/c12-7(13)4(8(14)15)2-1-3-6(11(20)21)5(4,9(16)17)10(18)19/h1-3H2. The van der Waals surface area contributed by atoms with E-state index in [-0.39, 0.29) is 0 Å². The lowest BCUT2D eigenvalue weighted by atomic mass is 9.91. The van der Waals surface area contributed by atoms with Crippen molar-refractivity contribution in [2.24, 2.45) is 0 Å². The molecule has 1 fully saturated rings. The molecular formula is C5H6N6O10.